The van der Waals surface area contributed by atoms with Crippen LogP contribution in [0.2, 0.25) is 0 Å². The van der Waals surface area contributed by atoms with Crippen LogP contribution in [0.15, 0.2) is 36.9 Å². The van der Waals surface area contributed by atoms with Crippen molar-refractivity contribution in [2.75, 3.05) is 14.1 Å². The van der Waals surface area contributed by atoms with Crippen molar-refractivity contribution in [3.05, 3.63) is 59.3 Å². The van der Waals surface area contributed by atoms with Gasteiger partial charge in [0.1, 0.15) is 6.54 Å². The molecular formula is C19H22N4O. The van der Waals surface area contributed by atoms with Crippen LogP contribution in [0.3, 0.4) is 0 Å². The van der Waals surface area contributed by atoms with E-state index < -0.39 is 0 Å². The Morgan fingerprint density at radius 1 is 1.17 bits per heavy atom. The van der Waals surface area contributed by atoms with Gasteiger partial charge in [0.25, 0.3) is 0 Å². The maximum atomic E-state index is 12.0. The van der Waals surface area contributed by atoms with Crippen LogP contribution in [-0.2, 0) is 17.8 Å². The van der Waals surface area contributed by atoms with Crippen molar-refractivity contribution < 1.29 is 4.79 Å². The highest BCUT2D eigenvalue weighted by Crippen LogP contribution is 2.23. The van der Waals surface area contributed by atoms with Gasteiger partial charge in [-0.25, -0.2) is 0 Å². The van der Waals surface area contributed by atoms with Gasteiger partial charge in [-0.1, -0.05) is 0 Å². The molecule has 3 heterocycles. The van der Waals surface area contributed by atoms with Gasteiger partial charge < -0.3 is 9.47 Å². The fraction of sp³-hybridized carbons (Fsp3) is 0.316. The molecule has 0 aromatic carbocycles. The topological polar surface area (TPSA) is 51.0 Å². The third-order valence-electron chi connectivity index (χ3n) is 4.42. The predicted octanol–water partition coefficient (Wildman–Crippen LogP) is 2.73. The smallest absolute Gasteiger partial charge is 0.241 e. The highest BCUT2D eigenvalue weighted by molar-refractivity contribution is 5.85. The monoisotopic (exact) mass is 322 g/mol. The second-order valence-electron chi connectivity index (χ2n) is 6.35. The van der Waals surface area contributed by atoms with Gasteiger partial charge in [-0.05, 0) is 42.7 Å². The summed E-state index contributed by atoms with van der Waals surface area (Å²) in [6, 6.07) is 4.01. The van der Waals surface area contributed by atoms with Crippen molar-refractivity contribution in [3.8, 4) is 0 Å². The summed E-state index contributed by atoms with van der Waals surface area (Å²) >= 11 is 0. The number of aryl methyl sites for hydroxylation is 2. The van der Waals surface area contributed by atoms with E-state index in [1.54, 1.807) is 19.0 Å². The lowest BCUT2D eigenvalue weighted by atomic mass is 10.00. The molecule has 0 fully saturated rings. The van der Waals surface area contributed by atoms with Crippen molar-refractivity contribution in [2.45, 2.75) is 26.8 Å². The number of pyridine rings is 2. The third kappa shape index (κ3) is 3.02. The quantitative estimate of drug-likeness (QED) is 0.742. The van der Waals surface area contributed by atoms with E-state index in [2.05, 4.69) is 23.8 Å². The maximum absolute atomic E-state index is 12.0. The first-order valence-corrected chi connectivity index (χ1v) is 8.00. The minimum atomic E-state index is 0.0756. The van der Waals surface area contributed by atoms with E-state index >= 15 is 0 Å². The molecule has 0 unspecified atom stereocenters. The van der Waals surface area contributed by atoms with Crippen LogP contribution in [-0.4, -0.2) is 39.4 Å². The third-order valence-corrected chi connectivity index (χ3v) is 4.42. The molecule has 3 rings (SSSR count). The van der Waals surface area contributed by atoms with Crippen molar-refractivity contribution in [1.29, 1.82) is 0 Å². The Labute approximate surface area is 142 Å². The van der Waals surface area contributed by atoms with Gasteiger partial charge in [0.05, 0.1) is 11.2 Å². The lowest BCUT2D eigenvalue weighted by molar-refractivity contribution is -0.129. The average molecular weight is 322 g/mol. The minimum Gasteiger partial charge on any atom is -0.347 e. The molecule has 5 nitrogen and oxygen atoms in total. The molecule has 0 saturated heterocycles. The molecule has 0 radical (unpaired) electrons. The fourth-order valence-electron chi connectivity index (χ4n) is 2.92. The van der Waals surface area contributed by atoms with E-state index in [1.165, 1.54) is 16.7 Å². The van der Waals surface area contributed by atoms with Gasteiger partial charge in [-0.3, -0.25) is 14.8 Å². The summed E-state index contributed by atoms with van der Waals surface area (Å²) < 4.78 is 1.98. The zero-order chi connectivity index (χ0) is 17.3. The first-order chi connectivity index (χ1) is 11.5. The van der Waals surface area contributed by atoms with E-state index in [9.17, 15) is 4.79 Å². The lowest BCUT2D eigenvalue weighted by Crippen LogP contribution is -2.25. The largest absolute Gasteiger partial charge is 0.347 e. The predicted molar refractivity (Wildman–Crippen MR) is 94.9 cm³/mol. The Morgan fingerprint density at radius 3 is 2.54 bits per heavy atom. The van der Waals surface area contributed by atoms with Crippen LogP contribution >= 0.6 is 0 Å². The molecule has 5 heteroatoms. The molecule has 0 aliphatic carbocycles. The molecule has 3 aromatic heterocycles. The van der Waals surface area contributed by atoms with E-state index in [1.807, 2.05) is 41.5 Å². The second-order valence-corrected chi connectivity index (χ2v) is 6.35. The standard InChI is InChI=1S/C19H22N4O/c1-13-10-20-11-14(2)16(13)9-17-15-6-8-23(12-19(24)22(3)4)18(15)5-7-21-17/h5-8,10-11H,9,12H2,1-4H3. The van der Waals surface area contributed by atoms with Gasteiger partial charge in [0.2, 0.25) is 5.91 Å². The summed E-state index contributed by atoms with van der Waals surface area (Å²) in [7, 11) is 3.55. The summed E-state index contributed by atoms with van der Waals surface area (Å²) in [6.45, 7) is 4.50. The molecule has 0 bridgehead atoms. The van der Waals surface area contributed by atoms with Gasteiger partial charge in [0.15, 0.2) is 0 Å². The SMILES string of the molecule is Cc1cncc(C)c1Cc1nccc2c1ccn2CC(=O)N(C)C. The van der Waals surface area contributed by atoms with Crippen molar-refractivity contribution in [3.63, 3.8) is 0 Å². The maximum Gasteiger partial charge on any atom is 0.241 e. The number of aromatic nitrogens is 3. The molecule has 0 atom stereocenters. The van der Waals surface area contributed by atoms with Gasteiger partial charge in [-0.2, -0.15) is 0 Å². The molecule has 24 heavy (non-hydrogen) atoms. The number of hydrogen-bond donors (Lipinski definition) is 0. The van der Waals surface area contributed by atoms with E-state index in [-0.39, 0.29) is 5.91 Å². The van der Waals surface area contributed by atoms with E-state index in [0.717, 1.165) is 23.0 Å². The van der Waals surface area contributed by atoms with Crippen molar-refractivity contribution in [2.24, 2.45) is 0 Å². The molecule has 1 amide bonds. The lowest BCUT2D eigenvalue weighted by Gasteiger charge is -2.12. The van der Waals surface area contributed by atoms with Crippen molar-refractivity contribution in [1.82, 2.24) is 19.4 Å². The number of carbonyl (C=O) groups excluding carboxylic acids is 1. The molecule has 0 saturated carbocycles. The summed E-state index contributed by atoms with van der Waals surface area (Å²) in [5, 5.41) is 1.10. The van der Waals surface area contributed by atoms with E-state index in [0.29, 0.717) is 6.54 Å². The van der Waals surface area contributed by atoms with Crippen molar-refractivity contribution >= 4 is 16.8 Å². The van der Waals surface area contributed by atoms with E-state index in [4.69, 9.17) is 0 Å². The highest BCUT2D eigenvalue weighted by atomic mass is 16.2. The second kappa shape index (κ2) is 6.43. The van der Waals surface area contributed by atoms with Crippen LogP contribution in [0.5, 0.6) is 0 Å². The highest BCUT2D eigenvalue weighted by Gasteiger charge is 2.12. The Morgan fingerprint density at radius 2 is 1.88 bits per heavy atom. The molecule has 0 spiro atoms. The number of hydrogen-bond acceptors (Lipinski definition) is 3. The molecular weight excluding hydrogens is 300 g/mol. The van der Waals surface area contributed by atoms with Crippen LogP contribution in [0.1, 0.15) is 22.4 Å². The van der Waals surface area contributed by atoms with Crippen LogP contribution in [0, 0.1) is 13.8 Å². The summed E-state index contributed by atoms with van der Waals surface area (Å²) in [4.78, 5) is 22.4. The number of likely N-dealkylation sites (N-methyl/N-ethyl adjacent to an activating group) is 1. The Balaban J connectivity index is 1.99. The van der Waals surface area contributed by atoms with Gasteiger partial charge >= 0.3 is 0 Å². The molecule has 3 aromatic rings. The first kappa shape index (κ1) is 16.2. The Bertz CT molecular complexity index is 875. The van der Waals surface area contributed by atoms with Crippen LogP contribution in [0.25, 0.3) is 10.9 Å². The number of nitrogens with zero attached hydrogens (tertiary/aromatic N) is 4. The fourth-order valence-corrected chi connectivity index (χ4v) is 2.92. The summed E-state index contributed by atoms with van der Waals surface area (Å²) in [5.74, 6) is 0.0756. The van der Waals surface area contributed by atoms with Crippen LogP contribution in [0.4, 0.5) is 0 Å². The zero-order valence-electron chi connectivity index (χ0n) is 14.6. The number of rotatable bonds is 4. The number of fused-ring (bicyclic) bond motifs is 1. The Hall–Kier alpha value is -2.69. The molecule has 124 valence electrons. The molecule has 0 aliphatic heterocycles. The molecule has 0 aliphatic rings. The van der Waals surface area contributed by atoms with Gasteiger partial charge in [0, 0.05) is 50.7 Å². The first-order valence-electron chi connectivity index (χ1n) is 8.00. The normalized spacial score (nSPS) is 11.0. The summed E-state index contributed by atoms with van der Waals surface area (Å²) in [6.07, 6.45) is 8.33. The molecule has 0 N–H and O–H groups in total. The van der Waals surface area contributed by atoms with Gasteiger partial charge in [-0.15, -0.1) is 0 Å². The summed E-state index contributed by atoms with van der Waals surface area (Å²) in [5.41, 5.74) is 5.69. The number of carbonyl (C=O) groups is 1. The zero-order valence-corrected chi connectivity index (χ0v) is 14.6. The average Bonchev–Trinajstić information content (AvgIpc) is 2.95. The Kier molecular flexibility index (Phi) is 4.34. The minimum absolute atomic E-state index is 0.0756. The van der Waals surface area contributed by atoms with Crippen LogP contribution < -0.4 is 0 Å². The number of amides is 1.